The molecule has 1 aliphatic carbocycles. The number of carbonyl (C=O) groups excluding carboxylic acids is 1. The van der Waals surface area contributed by atoms with Gasteiger partial charge in [0.25, 0.3) is 0 Å². The number of amides is 1. The Morgan fingerprint density at radius 1 is 1.03 bits per heavy atom. The Bertz CT molecular complexity index is 766. The molecule has 1 amide bonds. The maximum Gasteiger partial charge on any atom is 0.229 e. The van der Waals surface area contributed by atoms with Gasteiger partial charge in [0.2, 0.25) is 5.91 Å². The molecule has 0 spiro atoms. The number of halogens is 2. The molecule has 2 aromatic carbocycles. The number of benzene rings is 2. The van der Waals surface area contributed by atoms with Gasteiger partial charge in [-0.2, -0.15) is 0 Å². The lowest BCUT2D eigenvalue weighted by atomic mass is 9.94. The molecule has 30 heavy (non-hydrogen) atoms. The van der Waals surface area contributed by atoms with Gasteiger partial charge >= 0.3 is 0 Å². The third kappa shape index (κ3) is 6.98. The molecule has 3 rings (SSSR count). The molecule has 1 fully saturated rings. The third-order valence-electron chi connectivity index (χ3n) is 6.03. The molecule has 2 atom stereocenters. The van der Waals surface area contributed by atoms with Crippen LogP contribution in [0.1, 0.15) is 56.2 Å². The zero-order valence-electron chi connectivity index (χ0n) is 17.9. The molecule has 0 heterocycles. The minimum atomic E-state index is -0.321. The second-order valence-electron chi connectivity index (χ2n) is 8.08. The molecule has 3 N–H and O–H groups in total. The van der Waals surface area contributed by atoms with E-state index in [1.54, 1.807) is 0 Å². The van der Waals surface area contributed by atoms with Crippen LogP contribution in [0.4, 0.5) is 5.69 Å². The fraction of sp³-hybridized carbons (Fsp3) is 0.458. The lowest BCUT2D eigenvalue weighted by Crippen LogP contribution is -2.34. The normalized spacial score (nSPS) is 16.1. The van der Waals surface area contributed by atoms with Gasteiger partial charge in [-0.05, 0) is 37.1 Å². The molecule has 0 aliphatic heterocycles. The Morgan fingerprint density at radius 3 is 2.30 bits per heavy atom. The van der Waals surface area contributed by atoms with Crippen LogP contribution in [0.15, 0.2) is 54.6 Å². The summed E-state index contributed by atoms with van der Waals surface area (Å²) in [6.07, 6.45) is 6.54. The number of para-hydroxylation sites is 1. The van der Waals surface area contributed by atoms with Crippen LogP contribution in [0.25, 0.3) is 0 Å². The van der Waals surface area contributed by atoms with Crippen LogP contribution in [0.2, 0.25) is 0 Å². The van der Waals surface area contributed by atoms with Gasteiger partial charge in [0, 0.05) is 24.3 Å². The van der Waals surface area contributed by atoms with Crippen molar-refractivity contribution in [3.63, 3.8) is 0 Å². The summed E-state index contributed by atoms with van der Waals surface area (Å²) in [5.74, 6) is -0.351. The van der Waals surface area contributed by atoms with Crippen molar-refractivity contribution in [3.8, 4) is 0 Å². The summed E-state index contributed by atoms with van der Waals surface area (Å²) in [5.41, 5.74) is 9.37. The molecule has 2 unspecified atom stereocenters. The largest absolute Gasteiger partial charge is 0.325 e. The predicted octanol–water partition coefficient (Wildman–Crippen LogP) is 5.57. The number of nitrogens with zero attached hydrogens (tertiary/aromatic N) is 1. The molecule has 4 nitrogen and oxygen atoms in total. The first-order valence-electron chi connectivity index (χ1n) is 10.5. The smallest absolute Gasteiger partial charge is 0.229 e. The van der Waals surface area contributed by atoms with Crippen molar-refractivity contribution in [2.45, 2.75) is 57.7 Å². The Morgan fingerprint density at radius 2 is 1.63 bits per heavy atom. The van der Waals surface area contributed by atoms with E-state index in [9.17, 15) is 4.79 Å². The molecule has 0 radical (unpaired) electrons. The quantitative estimate of drug-likeness (QED) is 0.578. The fourth-order valence-electron chi connectivity index (χ4n) is 4.07. The third-order valence-corrected chi connectivity index (χ3v) is 6.03. The number of nitrogens with two attached hydrogens (primary N) is 1. The van der Waals surface area contributed by atoms with E-state index in [0.717, 1.165) is 23.4 Å². The van der Waals surface area contributed by atoms with Crippen LogP contribution in [0.5, 0.6) is 0 Å². The van der Waals surface area contributed by atoms with Crippen molar-refractivity contribution in [2.24, 2.45) is 11.7 Å². The SMILES string of the molecule is CC(C(=O)Nc1ccccc1CN(C)C1CCCCC1)C(N)c1ccccc1.Cl.Cl. The van der Waals surface area contributed by atoms with E-state index in [-0.39, 0.29) is 42.7 Å². The second kappa shape index (κ2) is 13.0. The van der Waals surface area contributed by atoms with Gasteiger partial charge in [-0.3, -0.25) is 9.69 Å². The molecule has 1 saturated carbocycles. The number of hydrogen-bond donors (Lipinski definition) is 2. The summed E-state index contributed by atoms with van der Waals surface area (Å²) in [4.78, 5) is 15.3. The summed E-state index contributed by atoms with van der Waals surface area (Å²) < 4.78 is 0. The average molecular weight is 452 g/mol. The van der Waals surface area contributed by atoms with Gasteiger partial charge in [-0.25, -0.2) is 0 Å². The van der Waals surface area contributed by atoms with Crippen molar-refractivity contribution in [3.05, 3.63) is 65.7 Å². The maximum absolute atomic E-state index is 12.9. The Kier molecular flexibility index (Phi) is 11.4. The number of hydrogen-bond acceptors (Lipinski definition) is 3. The first-order chi connectivity index (χ1) is 13.6. The van der Waals surface area contributed by atoms with Crippen molar-refractivity contribution in [2.75, 3.05) is 12.4 Å². The molecule has 1 aliphatic rings. The fourth-order valence-corrected chi connectivity index (χ4v) is 4.07. The molecule has 2 aromatic rings. The molecule has 0 saturated heterocycles. The highest BCUT2D eigenvalue weighted by molar-refractivity contribution is 5.93. The zero-order valence-corrected chi connectivity index (χ0v) is 19.6. The van der Waals surface area contributed by atoms with Crippen LogP contribution in [-0.2, 0) is 11.3 Å². The van der Waals surface area contributed by atoms with Crippen molar-refractivity contribution in [1.82, 2.24) is 4.90 Å². The Labute approximate surface area is 193 Å². The lowest BCUT2D eigenvalue weighted by molar-refractivity contribution is -0.120. The van der Waals surface area contributed by atoms with Gasteiger partial charge in [0.05, 0.1) is 5.92 Å². The number of rotatable bonds is 7. The molecule has 6 heteroatoms. The van der Waals surface area contributed by atoms with Crippen LogP contribution in [0.3, 0.4) is 0 Å². The number of carbonyl (C=O) groups is 1. The Hall–Kier alpha value is -1.59. The van der Waals surface area contributed by atoms with E-state index in [1.165, 1.54) is 32.1 Å². The molecule has 0 aromatic heterocycles. The molecule has 166 valence electrons. The molecule has 0 bridgehead atoms. The lowest BCUT2D eigenvalue weighted by Gasteiger charge is -2.31. The zero-order chi connectivity index (χ0) is 19.9. The topological polar surface area (TPSA) is 58.4 Å². The number of nitrogens with one attached hydrogen (secondary N) is 1. The van der Waals surface area contributed by atoms with Crippen molar-refractivity contribution >= 4 is 36.4 Å². The predicted molar refractivity (Wildman–Crippen MR) is 130 cm³/mol. The Balaban J connectivity index is 0.00000225. The van der Waals surface area contributed by atoms with Gasteiger partial charge in [-0.1, -0.05) is 74.7 Å². The average Bonchev–Trinajstić information content (AvgIpc) is 2.75. The van der Waals surface area contributed by atoms with E-state index in [2.05, 4.69) is 23.3 Å². The standard InChI is InChI=1S/C24H33N3O.2ClH/c1-18(23(25)19-11-5-3-6-12-19)24(28)26-22-16-10-9-13-20(22)17-27(2)21-14-7-4-8-15-21;;/h3,5-6,9-13,16,18,21,23H,4,7-8,14-15,17,25H2,1-2H3,(H,26,28);2*1H. The molecular formula is C24H35Cl2N3O. The van der Waals surface area contributed by atoms with E-state index in [0.29, 0.717) is 6.04 Å². The monoisotopic (exact) mass is 451 g/mol. The van der Waals surface area contributed by atoms with E-state index < -0.39 is 0 Å². The van der Waals surface area contributed by atoms with Crippen LogP contribution >= 0.6 is 24.8 Å². The van der Waals surface area contributed by atoms with Gasteiger partial charge in [0.1, 0.15) is 0 Å². The van der Waals surface area contributed by atoms with Gasteiger partial charge in [-0.15, -0.1) is 24.8 Å². The summed E-state index contributed by atoms with van der Waals surface area (Å²) in [7, 11) is 2.20. The van der Waals surface area contributed by atoms with E-state index in [1.807, 2.05) is 55.5 Å². The van der Waals surface area contributed by atoms with E-state index >= 15 is 0 Å². The number of anilines is 1. The highest BCUT2D eigenvalue weighted by Crippen LogP contribution is 2.26. The van der Waals surface area contributed by atoms with E-state index in [4.69, 9.17) is 5.73 Å². The minimum absolute atomic E-state index is 0. The summed E-state index contributed by atoms with van der Waals surface area (Å²) in [6, 6.07) is 18.2. The summed E-state index contributed by atoms with van der Waals surface area (Å²) >= 11 is 0. The molecular weight excluding hydrogens is 417 g/mol. The van der Waals surface area contributed by atoms with Crippen molar-refractivity contribution < 1.29 is 4.79 Å². The van der Waals surface area contributed by atoms with Crippen LogP contribution in [0, 0.1) is 5.92 Å². The van der Waals surface area contributed by atoms with Crippen LogP contribution < -0.4 is 11.1 Å². The second-order valence-corrected chi connectivity index (χ2v) is 8.08. The summed E-state index contributed by atoms with van der Waals surface area (Å²) in [5, 5.41) is 3.12. The van der Waals surface area contributed by atoms with Crippen molar-refractivity contribution in [1.29, 1.82) is 0 Å². The highest BCUT2D eigenvalue weighted by Gasteiger charge is 2.23. The first-order valence-corrected chi connectivity index (χ1v) is 10.5. The first kappa shape index (κ1) is 26.4. The van der Waals surface area contributed by atoms with Gasteiger partial charge in [0.15, 0.2) is 0 Å². The summed E-state index contributed by atoms with van der Waals surface area (Å²) in [6.45, 7) is 2.74. The maximum atomic E-state index is 12.9. The minimum Gasteiger partial charge on any atom is -0.325 e. The highest BCUT2D eigenvalue weighted by atomic mass is 35.5. The van der Waals surface area contributed by atoms with Gasteiger partial charge < -0.3 is 11.1 Å². The van der Waals surface area contributed by atoms with Crippen LogP contribution in [-0.4, -0.2) is 23.9 Å².